The van der Waals surface area contributed by atoms with Gasteiger partial charge < -0.3 is 19.1 Å². The molecular formula is C21H26N6O2. The van der Waals surface area contributed by atoms with E-state index in [1.807, 2.05) is 35.4 Å². The van der Waals surface area contributed by atoms with Crippen molar-refractivity contribution >= 4 is 0 Å². The van der Waals surface area contributed by atoms with Gasteiger partial charge in [0, 0.05) is 62.3 Å². The lowest BCUT2D eigenvalue weighted by Gasteiger charge is -2.46. The maximum absolute atomic E-state index is 6.01. The summed E-state index contributed by atoms with van der Waals surface area (Å²) < 4.78 is 13.1. The maximum Gasteiger partial charge on any atom is 0.213 e. The fourth-order valence-electron chi connectivity index (χ4n) is 4.49. The van der Waals surface area contributed by atoms with Gasteiger partial charge in [0.1, 0.15) is 12.0 Å². The van der Waals surface area contributed by atoms with Crippen molar-refractivity contribution < 1.29 is 9.26 Å². The molecule has 152 valence electrons. The minimum atomic E-state index is 0.258. The van der Waals surface area contributed by atoms with E-state index in [2.05, 4.69) is 31.4 Å². The first-order valence-electron chi connectivity index (χ1n) is 10.3. The van der Waals surface area contributed by atoms with Crippen molar-refractivity contribution in [1.29, 1.82) is 0 Å². The van der Waals surface area contributed by atoms with Crippen LogP contribution in [0.25, 0.3) is 0 Å². The lowest BCUT2D eigenvalue weighted by molar-refractivity contribution is 0.0368. The predicted molar refractivity (Wildman–Crippen MR) is 106 cm³/mol. The number of piperidine rings is 1. The number of nitrogens with zero attached hydrogens (tertiary/aromatic N) is 5. The van der Waals surface area contributed by atoms with Gasteiger partial charge in [0.05, 0.1) is 25.5 Å². The van der Waals surface area contributed by atoms with Gasteiger partial charge >= 0.3 is 0 Å². The molecule has 2 fully saturated rings. The third-order valence-corrected chi connectivity index (χ3v) is 5.95. The van der Waals surface area contributed by atoms with Crippen LogP contribution in [0.2, 0.25) is 0 Å². The fraction of sp³-hybridized carbons (Fsp3) is 0.476. The molecule has 5 heterocycles. The molecule has 5 rings (SSSR count). The Morgan fingerprint density at radius 3 is 3.03 bits per heavy atom. The number of ether oxygens (including phenoxy) is 1. The molecule has 0 saturated carbocycles. The smallest absolute Gasteiger partial charge is 0.213 e. The van der Waals surface area contributed by atoms with Gasteiger partial charge in [-0.3, -0.25) is 4.90 Å². The molecule has 3 aromatic rings. The molecule has 3 atom stereocenters. The second-order valence-electron chi connectivity index (χ2n) is 7.91. The number of hydrogen-bond acceptors (Lipinski definition) is 7. The largest absolute Gasteiger partial charge is 0.477 e. The first-order valence-corrected chi connectivity index (χ1v) is 10.3. The van der Waals surface area contributed by atoms with Crippen LogP contribution < -0.4 is 10.1 Å². The minimum Gasteiger partial charge on any atom is -0.477 e. The van der Waals surface area contributed by atoms with Gasteiger partial charge in [0.2, 0.25) is 5.88 Å². The van der Waals surface area contributed by atoms with E-state index in [4.69, 9.17) is 9.26 Å². The first-order chi connectivity index (χ1) is 14.3. The quantitative estimate of drug-likeness (QED) is 0.686. The van der Waals surface area contributed by atoms with Crippen LogP contribution in [0.4, 0.5) is 0 Å². The topological polar surface area (TPSA) is 81.2 Å². The summed E-state index contributed by atoms with van der Waals surface area (Å²) in [6.07, 6.45) is 11.4. The van der Waals surface area contributed by atoms with E-state index in [1.165, 1.54) is 0 Å². The monoisotopic (exact) mass is 394 g/mol. The number of fused-ring (bicyclic) bond motifs is 1. The Morgan fingerprint density at radius 2 is 2.24 bits per heavy atom. The van der Waals surface area contributed by atoms with Crippen LogP contribution in [0.5, 0.6) is 5.88 Å². The fourth-order valence-corrected chi connectivity index (χ4v) is 4.49. The number of imidazole rings is 1. The summed E-state index contributed by atoms with van der Waals surface area (Å²) in [5, 5.41) is 7.76. The standard InChI is InChI=1S/C21H26N6O2/c1-3-19-21(18-5-10-29-25-18)23-7-9-27(19)13-17(1)14-28-20-4-2-16(11-24-20)12-26-8-6-22-15-26/h2,4-6,8,10-11,15,17,19,21,23H,1,3,7,9,12-14H2. The normalized spacial score (nSPS) is 24.9. The van der Waals surface area contributed by atoms with Gasteiger partial charge in [-0.25, -0.2) is 9.97 Å². The Kier molecular flexibility index (Phi) is 5.27. The van der Waals surface area contributed by atoms with Crippen LogP contribution in [0, 0.1) is 5.92 Å². The number of nitrogens with one attached hydrogen (secondary N) is 1. The van der Waals surface area contributed by atoms with Crippen LogP contribution in [0.1, 0.15) is 30.1 Å². The summed E-state index contributed by atoms with van der Waals surface area (Å²) in [4.78, 5) is 11.1. The van der Waals surface area contributed by atoms with Gasteiger partial charge in [0.25, 0.3) is 0 Å². The summed E-state index contributed by atoms with van der Waals surface area (Å²) in [5.74, 6) is 1.22. The molecule has 2 saturated heterocycles. The molecule has 0 aliphatic carbocycles. The second kappa shape index (κ2) is 8.34. The molecule has 0 amide bonds. The Balaban J connectivity index is 1.14. The zero-order chi connectivity index (χ0) is 19.5. The maximum atomic E-state index is 6.01. The Morgan fingerprint density at radius 1 is 1.24 bits per heavy atom. The second-order valence-corrected chi connectivity index (χ2v) is 7.91. The molecule has 8 heteroatoms. The van der Waals surface area contributed by atoms with Crippen LogP contribution in [-0.2, 0) is 6.54 Å². The zero-order valence-electron chi connectivity index (χ0n) is 16.4. The van der Waals surface area contributed by atoms with Crippen molar-refractivity contribution in [2.75, 3.05) is 26.2 Å². The predicted octanol–water partition coefficient (Wildman–Crippen LogP) is 2.12. The van der Waals surface area contributed by atoms with Gasteiger partial charge in [-0.1, -0.05) is 11.2 Å². The van der Waals surface area contributed by atoms with Crippen molar-refractivity contribution in [3.05, 3.63) is 60.6 Å². The first kappa shape index (κ1) is 18.3. The summed E-state index contributed by atoms with van der Waals surface area (Å²) in [5.41, 5.74) is 2.14. The molecule has 0 spiro atoms. The van der Waals surface area contributed by atoms with Crippen molar-refractivity contribution in [2.24, 2.45) is 5.92 Å². The van der Waals surface area contributed by atoms with E-state index in [0.717, 1.165) is 50.3 Å². The molecule has 1 N–H and O–H groups in total. The number of hydrogen-bond donors (Lipinski definition) is 1. The summed E-state index contributed by atoms with van der Waals surface area (Å²) >= 11 is 0. The van der Waals surface area contributed by atoms with E-state index >= 15 is 0 Å². The lowest BCUT2D eigenvalue weighted by atomic mass is 9.87. The molecule has 2 aliphatic rings. The zero-order valence-corrected chi connectivity index (χ0v) is 16.4. The number of rotatable bonds is 6. The van der Waals surface area contributed by atoms with Gasteiger partial charge in [0.15, 0.2) is 0 Å². The highest BCUT2D eigenvalue weighted by Crippen LogP contribution is 2.32. The Labute approximate surface area is 169 Å². The molecule has 29 heavy (non-hydrogen) atoms. The lowest BCUT2D eigenvalue weighted by Crippen LogP contribution is -2.57. The number of aromatic nitrogens is 4. The average Bonchev–Trinajstić information content (AvgIpc) is 3.47. The van der Waals surface area contributed by atoms with Crippen molar-refractivity contribution in [3.63, 3.8) is 0 Å². The Hall–Kier alpha value is -2.71. The molecule has 3 unspecified atom stereocenters. The third-order valence-electron chi connectivity index (χ3n) is 5.95. The van der Waals surface area contributed by atoms with Gasteiger partial charge in [-0.05, 0) is 18.4 Å². The highest BCUT2D eigenvalue weighted by Gasteiger charge is 2.38. The van der Waals surface area contributed by atoms with E-state index in [0.29, 0.717) is 24.4 Å². The molecule has 3 aromatic heterocycles. The van der Waals surface area contributed by atoms with E-state index in [9.17, 15) is 0 Å². The van der Waals surface area contributed by atoms with Crippen LogP contribution in [0.3, 0.4) is 0 Å². The molecule has 8 nitrogen and oxygen atoms in total. The summed E-state index contributed by atoms with van der Waals surface area (Å²) in [6.45, 7) is 4.57. The number of piperazine rings is 1. The highest BCUT2D eigenvalue weighted by molar-refractivity contribution is 5.18. The van der Waals surface area contributed by atoms with E-state index in [-0.39, 0.29) is 6.04 Å². The van der Waals surface area contributed by atoms with Gasteiger partial charge in [-0.2, -0.15) is 0 Å². The van der Waals surface area contributed by atoms with Crippen molar-refractivity contribution in [2.45, 2.75) is 31.5 Å². The van der Waals surface area contributed by atoms with Crippen molar-refractivity contribution in [1.82, 2.24) is 29.9 Å². The van der Waals surface area contributed by atoms with Crippen LogP contribution >= 0.6 is 0 Å². The van der Waals surface area contributed by atoms with Crippen LogP contribution in [-0.4, -0.2) is 56.9 Å². The van der Waals surface area contributed by atoms with Crippen molar-refractivity contribution in [3.8, 4) is 5.88 Å². The Bertz CT molecular complexity index is 881. The molecule has 0 aromatic carbocycles. The highest BCUT2D eigenvalue weighted by atomic mass is 16.5. The number of pyridine rings is 1. The minimum absolute atomic E-state index is 0.258. The SMILES string of the molecule is c1cn(Cc2ccc(OCC3CCC4C(c5ccon5)NCCN4C3)nc2)cn1. The third kappa shape index (κ3) is 4.18. The average molecular weight is 394 g/mol. The summed E-state index contributed by atoms with van der Waals surface area (Å²) in [7, 11) is 0. The van der Waals surface area contributed by atoms with E-state index in [1.54, 1.807) is 12.5 Å². The molecule has 0 radical (unpaired) electrons. The molecule has 2 aliphatic heterocycles. The van der Waals surface area contributed by atoms with Crippen LogP contribution in [0.15, 0.2) is 53.9 Å². The molecular weight excluding hydrogens is 368 g/mol. The van der Waals surface area contributed by atoms with Gasteiger partial charge in [-0.15, -0.1) is 0 Å². The summed E-state index contributed by atoms with van der Waals surface area (Å²) in [6, 6.07) is 6.74. The van der Waals surface area contributed by atoms with E-state index < -0.39 is 0 Å². The molecule has 0 bridgehead atoms.